The van der Waals surface area contributed by atoms with Crippen LogP contribution >= 0.6 is 11.6 Å². The standard InChI is InChI=1S/C20H20ClNO3/c1-3-24-20(23)17-11-22-18-9-4-13(2)10-16(18)19(17)25-12-14-5-7-15(21)8-6-14/h4-11,16,18H,3,12H2,1-2H3/t16-,18-/m0/s1. The Kier molecular flexibility index (Phi) is 5.39. The quantitative estimate of drug-likeness (QED) is 0.740. The highest BCUT2D eigenvalue weighted by Crippen LogP contribution is 2.33. The molecule has 4 nitrogen and oxygen atoms in total. The predicted octanol–water partition coefficient (Wildman–Crippen LogP) is 4.26. The van der Waals surface area contributed by atoms with E-state index in [0.29, 0.717) is 29.6 Å². The summed E-state index contributed by atoms with van der Waals surface area (Å²) in [5.74, 6) is 0.107. The molecule has 25 heavy (non-hydrogen) atoms. The SMILES string of the molecule is CCOC(=O)C1=C(OCc2ccc(Cl)cc2)[C@H]2C=C(C)C=C[C@@H]2N=C1. The Morgan fingerprint density at radius 1 is 1.28 bits per heavy atom. The molecule has 0 fully saturated rings. The molecule has 1 aromatic carbocycles. The van der Waals surface area contributed by atoms with Gasteiger partial charge in [-0.3, -0.25) is 4.99 Å². The van der Waals surface area contributed by atoms with Crippen molar-refractivity contribution in [3.63, 3.8) is 0 Å². The van der Waals surface area contributed by atoms with Crippen LogP contribution in [0.4, 0.5) is 0 Å². The molecule has 1 aliphatic carbocycles. The first-order valence-corrected chi connectivity index (χ1v) is 8.64. The Labute approximate surface area is 152 Å². The molecule has 0 saturated carbocycles. The van der Waals surface area contributed by atoms with Crippen LogP contribution in [0.15, 0.2) is 64.4 Å². The van der Waals surface area contributed by atoms with Gasteiger partial charge in [0, 0.05) is 11.2 Å². The molecule has 2 aliphatic rings. The van der Waals surface area contributed by atoms with E-state index in [1.165, 1.54) is 0 Å². The number of carbonyl (C=O) groups excluding carboxylic acids is 1. The summed E-state index contributed by atoms with van der Waals surface area (Å²) in [6.45, 7) is 4.46. The van der Waals surface area contributed by atoms with Gasteiger partial charge in [0.15, 0.2) is 0 Å². The molecule has 1 aromatic rings. The van der Waals surface area contributed by atoms with E-state index in [2.05, 4.69) is 11.1 Å². The van der Waals surface area contributed by atoms with Gasteiger partial charge in [-0.2, -0.15) is 0 Å². The van der Waals surface area contributed by atoms with E-state index >= 15 is 0 Å². The van der Waals surface area contributed by atoms with Crippen LogP contribution < -0.4 is 0 Å². The molecule has 0 bridgehead atoms. The van der Waals surface area contributed by atoms with Gasteiger partial charge < -0.3 is 9.47 Å². The van der Waals surface area contributed by atoms with Crippen molar-refractivity contribution < 1.29 is 14.3 Å². The van der Waals surface area contributed by atoms with Gasteiger partial charge in [-0.15, -0.1) is 0 Å². The fourth-order valence-electron chi connectivity index (χ4n) is 2.86. The van der Waals surface area contributed by atoms with Crippen LogP contribution in [0.25, 0.3) is 0 Å². The van der Waals surface area contributed by atoms with Crippen molar-refractivity contribution in [3.8, 4) is 0 Å². The number of hydrogen-bond donors (Lipinski definition) is 0. The molecule has 1 heterocycles. The fourth-order valence-corrected chi connectivity index (χ4v) is 2.99. The number of carbonyl (C=O) groups is 1. The van der Waals surface area contributed by atoms with Crippen LogP contribution in [-0.2, 0) is 20.9 Å². The van der Waals surface area contributed by atoms with Gasteiger partial charge >= 0.3 is 5.97 Å². The van der Waals surface area contributed by atoms with E-state index in [1.54, 1.807) is 13.1 Å². The van der Waals surface area contributed by atoms with Crippen molar-refractivity contribution in [3.05, 3.63) is 70.0 Å². The Morgan fingerprint density at radius 3 is 2.76 bits per heavy atom. The maximum Gasteiger partial charge on any atom is 0.343 e. The summed E-state index contributed by atoms with van der Waals surface area (Å²) < 4.78 is 11.2. The smallest absolute Gasteiger partial charge is 0.343 e. The zero-order valence-electron chi connectivity index (χ0n) is 14.2. The van der Waals surface area contributed by atoms with Crippen LogP contribution in [0.5, 0.6) is 0 Å². The number of aliphatic imine (C=N–C) groups is 1. The second-order valence-corrected chi connectivity index (χ2v) is 6.41. The van der Waals surface area contributed by atoms with Gasteiger partial charge in [-0.25, -0.2) is 4.79 Å². The van der Waals surface area contributed by atoms with Crippen molar-refractivity contribution in [1.82, 2.24) is 0 Å². The van der Waals surface area contributed by atoms with Crippen molar-refractivity contribution >= 4 is 23.8 Å². The third-order valence-electron chi connectivity index (χ3n) is 4.11. The highest BCUT2D eigenvalue weighted by atomic mass is 35.5. The van der Waals surface area contributed by atoms with E-state index in [1.807, 2.05) is 43.3 Å². The van der Waals surface area contributed by atoms with Crippen molar-refractivity contribution in [2.75, 3.05) is 6.61 Å². The zero-order valence-corrected chi connectivity index (χ0v) is 15.0. The number of dihydropyridines is 1. The molecule has 0 aromatic heterocycles. The minimum atomic E-state index is -0.406. The summed E-state index contributed by atoms with van der Waals surface area (Å²) in [6, 6.07) is 7.40. The van der Waals surface area contributed by atoms with Crippen LogP contribution in [0.2, 0.25) is 5.02 Å². The molecular formula is C20H20ClNO3. The van der Waals surface area contributed by atoms with E-state index in [-0.39, 0.29) is 12.0 Å². The second-order valence-electron chi connectivity index (χ2n) is 5.98. The molecule has 130 valence electrons. The zero-order chi connectivity index (χ0) is 17.8. The Balaban J connectivity index is 1.89. The summed E-state index contributed by atoms with van der Waals surface area (Å²) >= 11 is 5.92. The monoisotopic (exact) mass is 357 g/mol. The first-order valence-electron chi connectivity index (χ1n) is 8.27. The number of benzene rings is 1. The minimum absolute atomic E-state index is 0.0536. The third-order valence-corrected chi connectivity index (χ3v) is 4.37. The van der Waals surface area contributed by atoms with Gasteiger partial charge in [0.05, 0.1) is 18.6 Å². The van der Waals surface area contributed by atoms with E-state index in [4.69, 9.17) is 21.1 Å². The van der Waals surface area contributed by atoms with Gasteiger partial charge in [-0.05, 0) is 31.5 Å². The van der Waals surface area contributed by atoms with Gasteiger partial charge in [0.1, 0.15) is 17.9 Å². The van der Waals surface area contributed by atoms with Gasteiger partial charge in [-0.1, -0.05) is 47.5 Å². The summed E-state index contributed by atoms with van der Waals surface area (Å²) in [5, 5.41) is 0.677. The number of fused-ring (bicyclic) bond motifs is 1. The number of esters is 1. The number of nitrogens with zero attached hydrogens (tertiary/aromatic N) is 1. The Morgan fingerprint density at radius 2 is 2.04 bits per heavy atom. The third kappa shape index (κ3) is 4.02. The number of rotatable bonds is 5. The van der Waals surface area contributed by atoms with Crippen LogP contribution in [0, 0.1) is 5.92 Å². The first-order chi connectivity index (χ1) is 12.1. The first kappa shape index (κ1) is 17.5. The van der Waals surface area contributed by atoms with Crippen molar-refractivity contribution in [2.24, 2.45) is 10.9 Å². The number of ether oxygens (including phenoxy) is 2. The molecular weight excluding hydrogens is 338 g/mol. The Hall–Kier alpha value is -2.33. The maximum atomic E-state index is 12.3. The topological polar surface area (TPSA) is 47.9 Å². The highest BCUT2D eigenvalue weighted by molar-refractivity contribution is 6.30. The summed E-state index contributed by atoms with van der Waals surface area (Å²) in [7, 11) is 0. The average molecular weight is 358 g/mol. The van der Waals surface area contributed by atoms with Crippen molar-refractivity contribution in [2.45, 2.75) is 26.5 Å². The lowest BCUT2D eigenvalue weighted by Gasteiger charge is -2.29. The predicted molar refractivity (Wildman–Crippen MR) is 98.6 cm³/mol. The molecule has 0 spiro atoms. The highest BCUT2D eigenvalue weighted by Gasteiger charge is 2.33. The summed E-state index contributed by atoms with van der Waals surface area (Å²) in [4.78, 5) is 16.8. The van der Waals surface area contributed by atoms with E-state index < -0.39 is 5.97 Å². The molecule has 0 amide bonds. The van der Waals surface area contributed by atoms with Crippen molar-refractivity contribution in [1.29, 1.82) is 0 Å². The number of allylic oxidation sites excluding steroid dienone is 2. The maximum absolute atomic E-state index is 12.3. The van der Waals surface area contributed by atoms with Crippen LogP contribution in [0.1, 0.15) is 19.4 Å². The van der Waals surface area contributed by atoms with Gasteiger partial charge in [0.2, 0.25) is 0 Å². The fraction of sp³-hybridized carbons (Fsp3) is 0.300. The Bertz CT molecular complexity index is 775. The lowest BCUT2D eigenvalue weighted by molar-refractivity contribution is -0.138. The normalized spacial score (nSPS) is 21.6. The molecule has 3 rings (SSSR count). The molecule has 0 radical (unpaired) electrons. The van der Waals surface area contributed by atoms with E-state index in [0.717, 1.165) is 11.1 Å². The van der Waals surface area contributed by atoms with Crippen LogP contribution in [0.3, 0.4) is 0 Å². The lowest BCUT2D eigenvalue weighted by Crippen LogP contribution is -2.29. The molecule has 2 atom stereocenters. The molecule has 5 heteroatoms. The molecule has 0 saturated heterocycles. The summed E-state index contributed by atoms with van der Waals surface area (Å²) in [5.41, 5.74) is 2.48. The number of hydrogen-bond acceptors (Lipinski definition) is 4. The summed E-state index contributed by atoms with van der Waals surface area (Å²) in [6.07, 6.45) is 7.71. The molecule has 0 N–H and O–H groups in total. The number of halogens is 1. The average Bonchev–Trinajstić information content (AvgIpc) is 2.61. The molecule has 1 aliphatic heterocycles. The largest absolute Gasteiger partial charge is 0.492 e. The van der Waals surface area contributed by atoms with Crippen LogP contribution in [-0.4, -0.2) is 24.8 Å². The van der Waals surface area contributed by atoms with Gasteiger partial charge in [0.25, 0.3) is 0 Å². The minimum Gasteiger partial charge on any atom is -0.492 e. The lowest BCUT2D eigenvalue weighted by atomic mass is 9.87. The molecule has 0 unspecified atom stereocenters. The second kappa shape index (κ2) is 7.70. The van der Waals surface area contributed by atoms with E-state index in [9.17, 15) is 4.79 Å².